The van der Waals surface area contributed by atoms with Gasteiger partial charge in [-0.25, -0.2) is 8.78 Å². The van der Waals surface area contributed by atoms with Crippen LogP contribution in [-0.4, -0.2) is 65.0 Å². The molecule has 0 spiro atoms. The molecule has 0 radical (unpaired) electrons. The molecule has 0 fully saturated rings. The summed E-state index contributed by atoms with van der Waals surface area (Å²) in [6.45, 7) is 29.6. The molecule has 0 N–H and O–H groups in total. The summed E-state index contributed by atoms with van der Waals surface area (Å²) >= 11 is 6.98. The zero-order chi connectivity index (χ0) is 47.7. The van der Waals surface area contributed by atoms with Crippen molar-refractivity contribution in [1.82, 2.24) is 9.97 Å². The van der Waals surface area contributed by atoms with Crippen molar-refractivity contribution >= 4 is 76.0 Å². The summed E-state index contributed by atoms with van der Waals surface area (Å²) in [5.41, 5.74) is 4.92. The summed E-state index contributed by atoms with van der Waals surface area (Å²) in [5, 5.41) is 0. The standard InChI is InChI=1S/C49H71BrF2N2O6S2Si2/c1-15-58-43(55)26-37-20-35(24-41(51)45(37)57-14)21-38-28-54-49(62-38)64(32(9)10,33(11)12)34(13)18-17-19-60-46-40(44(50)47(56)59-16-2)23-36(25-42(46)52)22-39-27-53-48(61-39)63(29(3)4,30(5)6)31(7)8/h20,23-25,27-34,44H,15-19,21-22,26H2,1-14H3. The van der Waals surface area contributed by atoms with E-state index in [1.54, 1.807) is 36.5 Å². The van der Waals surface area contributed by atoms with Crippen LogP contribution in [0.2, 0.25) is 33.2 Å². The maximum atomic E-state index is 16.3. The highest BCUT2D eigenvalue weighted by Crippen LogP contribution is 2.45. The second kappa shape index (κ2) is 23.6. The molecule has 15 heteroatoms. The lowest BCUT2D eigenvalue weighted by Gasteiger charge is -2.42. The molecule has 0 saturated heterocycles. The number of thiazole rings is 2. The van der Waals surface area contributed by atoms with E-state index in [0.29, 0.717) is 63.6 Å². The van der Waals surface area contributed by atoms with E-state index in [1.807, 2.05) is 24.5 Å². The second-order valence-corrected chi connectivity index (χ2v) is 33.8. The van der Waals surface area contributed by atoms with Gasteiger partial charge in [0.05, 0.1) is 42.6 Å². The number of methoxy groups -OCH3 is 1. The maximum absolute atomic E-state index is 16.3. The first-order valence-corrected chi connectivity index (χ1v) is 29.9. The molecule has 8 nitrogen and oxygen atoms in total. The van der Waals surface area contributed by atoms with Gasteiger partial charge in [-0.1, -0.05) is 98.2 Å². The maximum Gasteiger partial charge on any atom is 0.324 e. The molecule has 354 valence electrons. The number of esters is 2. The van der Waals surface area contributed by atoms with Gasteiger partial charge in [-0.15, -0.1) is 22.7 Å². The number of benzene rings is 2. The van der Waals surface area contributed by atoms with E-state index in [0.717, 1.165) is 31.9 Å². The van der Waals surface area contributed by atoms with Crippen molar-refractivity contribution in [3.63, 3.8) is 0 Å². The Balaban J connectivity index is 1.56. The Kier molecular flexibility index (Phi) is 19.8. The first-order valence-electron chi connectivity index (χ1n) is 22.9. The fourth-order valence-corrected chi connectivity index (χ4v) is 30.6. The number of rotatable bonds is 24. The SMILES string of the molecule is CCOC(=O)Cc1cc(Cc2cnc([Si](C(C)C)(C(C)C)C(C)CCCOc3c(F)cc(Cc4cnc([Si](C(C)C)(C(C)C)C(C)C)s4)cc3C(Br)C(=O)OCC)s2)cc(F)c1OC. The lowest BCUT2D eigenvalue weighted by atomic mass is 10.0. The highest BCUT2D eigenvalue weighted by Gasteiger charge is 2.49. The quantitative estimate of drug-likeness (QED) is 0.0296. The van der Waals surface area contributed by atoms with E-state index in [4.69, 9.17) is 28.9 Å². The molecular weight excluding hydrogens is 951 g/mol. The summed E-state index contributed by atoms with van der Waals surface area (Å²) in [7, 11) is -2.87. The zero-order valence-corrected chi connectivity index (χ0v) is 45.7. The minimum atomic E-state index is -2.31. The Morgan fingerprint density at radius 3 is 1.67 bits per heavy atom. The molecule has 2 aromatic carbocycles. The number of nitrogens with zero attached hydrogens (tertiary/aromatic N) is 2. The zero-order valence-electron chi connectivity index (χ0n) is 40.5. The molecule has 0 aliphatic rings. The van der Waals surface area contributed by atoms with Gasteiger partial charge in [0, 0.05) is 46.1 Å². The lowest BCUT2D eigenvalue weighted by Crippen LogP contribution is -2.56. The summed E-state index contributed by atoms with van der Waals surface area (Å²) in [6, 6.07) is 6.68. The first-order chi connectivity index (χ1) is 30.2. The summed E-state index contributed by atoms with van der Waals surface area (Å²) < 4.78 is 56.0. The molecule has 4 aromatic rings. The molecule has 64 heavy (non-hydrogen) atoms. The Hall–Kier alpha value is -2.99. The van der Waals surface area contributed by atoms with Crippen LogP contribution in [0.5, 0.6) is 11.5 Å². The average molecular weight is 1020 g/mol. The topological polar surface area (TPSA) is 96.8 Å². The van der Waals surface area contributed by atoms with E-state index in [-0.39, 0.29) is 37.7 Å². The molecular formula is C49H71BrF2N2O6S2Si2. The Bertz CT molecular complexity index is 2150. The summed E-state index contributed by atoms with van der Waals surface area (Å²) in [6.07, 6.45) is 6.25. The number of aromatic nitrogens is 2. The first kappa shape index (κ1) is 53.6. The van der Waals surface area contributed by atoms with Crippen molar-refractivity contribution in [1.29, 1.82) is 0 Å². The van der Waals surface area contributed by atoms with E-state index < -0.39 is 44.5 Å². The van der Waals surface area contributed by atoms with E-state index in [1.165, 1.54) is 23.9 Å². The van der Waals surface area contributed by atoms with Crippen molar-refractivity contribution in [3.05, 3.63) is 80.3 Å². The number of hydrogen-bond acceptors (Lipinski definition) is 10. The normalized spacial score (nSPS) is 13.3. The number of carbonyl (C=O) groups is 2. The van der Waals surface area contributed by atoms with Crippen molar-refractivity contribution < 1.29 is 37.3 Å². The van der Waals surface area contributed by atoms with Crippen molar-refractivity contribution in [2.75, 3.05) is 26.9 Å². The predicted molar refractivity (Wildman–Crippen MR) is 268 cm³/mol. The van der Waals surface area contributed by atoms with E-state index in [2.05, 4.69) is 92.1 Å². The van der Waals surface area contributed by atoms with Gasteiger partial charge >= 0.3 is 11.9 Å². The largest absolute Gasteiger partial charge is 0.493 e. The van der Waals surface area contributed by atoms with Gasteiger partial charge in [0.2, 0.25) is 0 Å². The van der Waals surface area contributed by atoms with Crippen molar-refractivity contribution in [2.24, 2.45) is 0 Å². The molecule has 2 unspecified atom stereocenters. The lowest BCUT2D eigenvalue weighted by molar-refractivity contribution is -0.143. The molecule has 2 atom stereocenters. The number of hydrogen-bond donors (Lipinski definition) is 0. The van der Waals surface area contributed by atoms with Gasteiger partial charge in [-0.2, -0.15) is 0 Å². The van der Waals surface area contributed by atoms with Crippen LogP contribution in [0.1, 0.15) is 140 Å². The third-order valence-corrected chi connectivity index (χ3v) is 31.6. The van der Waals surface area contributed by atoms with E-state index >= 15 is 8.78 Å². The second-order valence-electron chi connectivity index (χ2n) is 18.5. The smallest absolute Gasteiger partial charge is 0.324 e. The number of halogens is 3. The van der Waals surface area contributed by atoms with Gasteiger partial charge < -0.3 is 18.9 Å². The molecule has 0 saturated carbocycles. The summed E-state index contributed by atoms with van der Waals surface area (Å²) in [5.74, 6) is -1.86. The molecule has 0 aliphatic carbocycles. The minimum absolute atomic E-state index is 0.0516. The fraction of sp³-hybridized carbons (Fsp3) is 0.592. The number of ether oxygens (including phenoxy) is 4. The Morgan fingerprint density at radius 1 is 0.703 bits per heavy atom. The third-order valence-electron chi connectivity index (χ3n) is 13.1. The monoisotopic (exact) mass is 1020 g/mol. The molecule has 0 amide bonds. The van der Waals surface area contributed by atoms with Crippen LogP contribution >= 0.6 is 38.6 Å². The molecule has 2 heterocycles. The number of carbonyl (C=O) groups excluding carboxylic acids is 2. The van der Waals surface area contributed by atoms with Crippen LogP contribution in [0.4, 0.5) is 8.78 Å². The van der Waals surface area contributed by atoms with Gasteiger partial charge in [0.15, 0.2) is 23.1 Å². The van der Waals surface area contributed by atoms with E-state index in [9.17, 15) is 9.59 Å². The van der Waals surface area contributed by atoms with Crippen molar-refractivity contribution in [3.8, 4) is 11.5 Å². The molecule has 2 aromatic heterocycles. The molecule has 0 aliphatic heterocycles. The average Bonchev–Trinajstić information content (AvgIpc) is 3.86. The highest BCUT2D eigenvalue weighted by molar-refractivity contribution is 9.09. The highest BCUT2D eigenvalue weighted by atomic mass is 79.9. The summed E-state index contributed by atoms with van der Waals surface area (Å²) in [4.78, 5) is 36.7. The third kappa shape index (κ3) is 11.7. The van der Waals surface area contributed by atoms with Gasteiger partial charge in [0.25, 0.3) is 0 Å². The van der Waals surface area contributed by atoms with Crippen LogP contribution < -0.4 is 18.7 Å². The van der Waals surface area contributed by atoms with Crippen LogP contribution in [0, 0.1) is 11.6 Å². The van der Waals surface area contributed by atoms with Crippen LogP contribution in [0.25, 0.3) is 0 Å². The van der Waals surface area contributed by atoms with Crippen LogP contribution in [-0.2, 0) is 38.3 Å². The van der Waals surface area contributed by atoms with Crippen molar-refractivity contribution in [2.45, 2.75) is 160 Å². The Morgan fingerprint density at radius 2 is 1.19 bits per heavy atom. The van der Waals surface area contributed by atoms with Crippen LogP contribution in [0.15, 0.2) is 36.7 Å². The van der Waals surface area contributed by atoms with Gasteiger partial charge in [0.1, 0.15) is 21.0 Å². The Labute approximate surface area is 399 Å². The minimum Gasteiger partial charge on any atom is -0.493 e. The van der Waals surface area contributed by atoms with Gasteiger partial charge in [-0.3, -0.25) is 19.6 Å². The van der Waals surface area contributed by atoms with Gasteiger partial charge in [-0.05, 0) is 89.3 Å². The molecule has 4 rings (SSSR count). The molecule has 0 bridgehead atoms. The number of alkyl halides is 1. The fourth-order valence-electron chi connectivity index (χ4n) is 10.6. The van der Waals surface area contributed by atoms with Crippen LogP contribution in [0.3, 0.4) is 0 Å². The predicted octanol–water partition coefficient (Wildman–Crippen LogP) is 12.8.